The van der Waals surface area contributed by atoms with Crippen molar-refractivity contribution < 1.29 is 22.7 Å². The molecule has 8 nitrogen and oxygen atoms in total. The number of imidazole rings is 1. The third-order valence-electron chi connectivity index (χ3n) is 5.92. The SMILES string of the molecule is CCS(=O)(=O)c1ccc(Oc2ccc(C=O)c3c2nc(-c2ccccn2)n3COCC[Si](C)(C)C)cc1. The number of aldehydes is 1. The van der Waals surface area contributed by atoms with E-state index in [1.54, 1.807) is 37.4 Å². The zero-order valence-electron chi connectivity index (χ0n) is 21.5. The third-order valence-corrected chi connectivity index (χ3v) is 9.37. The first-order valence-corrected chi connectivity index (χ1v) is 17.5. The molecule has 4 aromatic rings. The highest BCUT2D eigenvalue weighted by Gasteiger charge is 2.21. The number of hydrogen-bond donors (Lipinski definition) is 0. The summed E-state index contributed by atoms with van der Waals surface area (Å²) in [5.41, 5.74) is 2.18. The summed E-state index contributed by atoms with van der Waals surface area (Å²) in [4.78, 5) is 21.6. The van der Waals surface area contributed by atoms with Gasteiger partial charge in [0.15, 0.2) is 27.7 Å². The van der Waals surface area contributed by atoms with Crippen molar-refractivity contribution in [2.75, 3.05) is 12.4 Å². The van der Waals surface area contributed by atoms with Gasteiger partial charge in [0.05, 0.1) is 16.2 Å². The van der Waals surface area contributed by atoms with Gasteiger partial charge in [-0.1, -0.05) is 32.6 Å². The van der Waals surface area contributed by atoms with Crippen LogP contribution < -0.4 is 4.74 Å². The Morgan fingerprint density at radius 1 is 1.03 bits per heavy atom. The number of hydrogen-bond acceptors (Lipinski definition) is 7. The highest BCUT2D eigenvalue weighted by atomic mass is 32.2. The number of carbonyl (C=O) groups excluding carboxylic acids is 1. The van der Waals surface area contributed by atoms with Crippen molar-refractivity contribution in [1.29, 1.82) is 0 Å². The molecule has 0 saturated heterocycles. The summed E-state index contributed by atoms with van der Waals surface area (Å²) < 4.78 is 38.3. The summed E-state index contributed by atoms with van der Waals surface area (Å²) in [5, 5.41) is 0. The van der Waals surface area contributed by atoms with Gasteiger partial charge in [0.2, 0.25) is 0 Å². The Bertz CT molecular complexity index is 1500. The number of carbonyl (C=O) groups is 1. The molecule has 0 amide bonds. The van der Waals surface area contributed by atoms with Crippen molar-refractivity contribution in [3.05, 3.63) is 66.4 Å². The average Bonchev–Trinajstić information content (AvgIpc) is 3.27. The molecule has 2 aromatic carbocycles. The summed E-state index contributed by atoms with van der Waals surface area (Å²) in [5.74, 6) is 1.47. The van der Waals surface area contributed by atoms with E-state index in [9.17, 15) is 13.2 Å². The minimum atomic E-state index is -3.31. The summed E-state index contributed by atoms with van der Waals surface area (Å²) in [6.45, 7) is 9.30. The van der Waals surface area contributed by atoms with Gasteiger partial charge in [-0.2, -0.15) is 0 Å². The summed E-state index contributed by atoms with van der Waals surface area (Å²) >= 11 is 0. The Balaban J connectivity index is 1.76. The van der Waals surface area contributed by atoms with E-state index in [1.165, 1.54) is 12.1 Å². The molecule has 37 heavy (non-hydrogen) atoms. The van der Waals surface area contributed by atoms with Crippen LogP contribution in [-0.2, 0) is 21.3 Å². The monoisotopic (exact) mass is 537 g/mol. The minimum absolute atomic E-state index is 0.0225. The van der Waals surface area contributed by atoms with Crippen molar-refractivity contribution >= 4 is 35.2 Å². The van der Waals surface area contributed by atoms with Crippen LogP contribution in [0, 0.1) is 0 Å². The number of ether oxygens (including phenoxy) is 2. The van der Waals surface area contributed by atoms with Crippen LogP contribution in [0.25, 0.3) is 22.6 Å². The maximum absolute atomic E-state index is 12.2. The van der Waals surface area contributed by atoms with Crippen molar-refractivity contribution in [2.45, 2.75) is 44.2 Å². The quantitative estimate of drug-likeness (QED) is 0.135. The molecule has 0 aliphatic carbocycles. The Kier molecular flexibility index (Phi) is 7.91. The van der Waals surface area contributed by atoms with Gasteiger partial charge in [0.25, 0.3) is 0 Å². The average molecular weight is 538 g/mol. The molecule has 4 rings (SSSR count). The lowest BCUT2D eigenvalue weighted by atomic mass is 10.2. The van der Waals surface area contributed by atoms with Crippen LogP contribution in [0.5, 0.6) is 11.5 Å². The molecule has 0 saturated carbocycles. The maximum atomic E-state index is 12.2. The molecule has 0 unspecified atom stereocenters. The second-order valence-corrected chi connectivity index (χ2v) is 17.8. The molecule has 0 spiro atoms. The molecule has 0 N–H and O–H groups in total. The Morgan fingerprint density at radius 3 is 2.41 bits per heavy atom. The molecule has 0 bridgehead atoms. The van der Waals surface area contributed by atoms with Gasteiger partial charge < -0.3 is 9.47 Å². The summed E-state index contributed by atoms with van der Waals surface area (Å²) in [6, 6.07) is 16.2. The van der Waals surface area contributed by atoms with Crippen LogP contribution in [0.4, 0.5) is 0 Å². The van der Waals surface area contributed by atoms with E-state index < -0.39 is 17.9 Å². The summed E-state index contributed by atoms with van der Waals surface area (Å²) in [7, 11) is -4.59. The van der Waals surface area contributed by atoms with Crippen LogP contribution in [0.15, 0.2) is 65.7 Å². The number of sulfone groups is 1. The first kappa shape index (κ1) is 26.7. The van der Waals surface area contributed by atoms with E-state index in [4.69, 9.17) is 14.5 Å². The number of rotatable bonds is 11. The lowest BCUT2D eigenvalue weighted by Gasteiger charge is -2.16. The van der Waals surface area contributed by atoms with Crippen LogP contribution in [0.1, 0.15) is 17.3 Å². The van der Waals surface area contributed by atoms with Gasteiger partial charge in [-0.25, -0.2) is 13.4 Å². The largest absolute Gasteiger partial charge is 0.455 e. The zero-order chi connectivity index (χ0) is 26.6. The molecule has 194 valence electrons. The predicted molar refractivity (Wildman–Crippen MR) is 147 cm³/mol. The van der Waals surface area contributed by atoms with E-state index in [1.807, 2.05) is 22.8 Å². The van der Waals surface area contributed by atoms with E-state index in [0.717, 1.165) is 12.3 Å². The van der Waals surface area contributed by atoms with E-state index in [-0.39, 0.29) is 17.4 Å². The van der Waals surface area contributed by atoms with Crippen LogP contribution in [0.2, 0.25) is 25.7 Å². The van der Waals surface area contributed by atoms with Crippen LogP contribution in [-0.4, -0.2) is 49.7 Å². The van der Waals surface area contributed by atoms with E-state index >= 15 is 0 Å². The first-order chi connectivity index (χ1) is 17.6. The molecular weight excluding hydrogens is 506 g/mol. The Hall–Kier alpha value is -3.34. The normalized spacial score (nSPS) is 12.1. The highest BCUT2D eigenvalue weighted by Crippen LogP contribution is 2.35. The number of nitrogens with zero attached hydrogens (tertiary/aromatic N) is 3. The zero-order valence-corrected chi connectivity index (χ0v) is 23.3. The number of fused-ring (bicyclic) bond motifs is 1. The highest BCUT2D eigenvalue weighted by molar-refractivity contribution is 7.91. The van der Waals surface area contributed by atoms with Gasteiger partial charge >= 0.3 is 0 Å². The van der Waals surface area contributed by atoms with Gasteiger partial charge in [-0.15, -0.1) is 0 Å². The first-order valence-electron chi connectivity index (χ1n) is 12.1. The molecule has 0 atom stereocenters. The van der Waals surface area contributed by atoms with Gasteiger partial charge in [-0.05, 0) is 54.6 Å². The van der Waals surface area contributed by atoms with Crippen LogP contribution >= 0.6 is 0 Å². The molecule has 2 aromatic heterocycles. The lowest BCUT2D eigenvalue weighted by Crippen LogP contribution is -2.22. The number of benzene rings is 2. The maximum Gasteiger partial charge on any atom is 0.178 e. The fourth-order valence-corrected chi connectivity index (χ4v) is 5.42. The molecule has 0 fully saturated rings. The minimum Gasteiger partial charge on any atom is -0.455 e. The Morgan fingerprint density at radius 2 is 1.78 bits per heavy atom. The molecule has 10 heteroatoms. The van der Waals surface area contributed by atoms with Gasteiger partial charge in [0.1, 0.15) is 23.7 Å². The fraction of sp³-hybridized carbons (Fsp3) is 0.296. The standard InChI is InChI=1S/C27H31N3O5SSi/c1-5-36(32,33)22-12-10-21(11-13-22)35-24-14-9-20(18-31)26-25(24)29-27(23-8-6-7-15-28-23)30(26)19-34-16-17-37(2,3)4/h6-15,18H,5,16-17,19H2,1-4H3. The van der Waals surface area contributed by atoms with E-state index in [2.05, 4.69) is 24.6 Å². The molecule has 0 radical (unpaired) electrons. The number of pyridine rings is 1. The smallest absolute Gasteiger partial charge is 0.178 e. The van der Waals surface area contributed by atoms with Crippen LogP contribution in [0.3, 0.4) is 0 Å². The van der Waals surface area contributed by atoms with Crippen molar-refractivity contribution in [3.63, 3.8) is 0 Å². The Labute approximate surface area is 218 Å². The van der Waals surface area contributed by atoms with Gasteiger partial charge in [0, 0.05) is 26.4 Å². The predicted octanol–water partition coefficient (Wildman–Crippen LogP) is 5.81. The molecule has 2 heterocycles. The van der Waals surface area contributed by atoms with E-state index in [0.29, 0.717) is 46.2 Å². The second-order valence-electron chi connectivity index (χ2n) is 9.87. The van der Waals surface area contributed by atoms with Gasteiger partial charge in [-0.3, -0.25) is 14.3 Å². The molecule has 0 aliphatic rings. The third kappa shape index (κ3) is 6.15. The summed E-state index contributed by atoms with van der Waals surface area (Å²) in [6.07, 6.45) is 2.48. The van der Waals surface area contributed by atoms with Crippen molar-refractivity contribution in [3.8, 4) is 23.0 Å². The topological polar surface area (TPSA) is 100 Å². The van der Waals surface area contributed by atoms with Crippen molar-refractivity contribution in [1.82, 2.24) is 14.5 Å². The van der Waals surface area contributed by atoms with Crippen molar-refractivity contribution in [2.24, 2.45) is 0 Å². The molecule has 0 aliphatic heterocycles. The lowest BCUT2D eigenvalue weighted by molar-refractivity contribution is 0.0907. The second kappa shape index (κ2) is 11.0. The number of aromatic nitrogens is 3. The fourth-order valence-electron chi connectivity index (χ4n) is 3.78. The molecular formula is C27H31N3O5SSi.